The zero-order chi connectivity index (χ0) is 20.9. The summed E-state index contributed by atoms with van der Waals surface area (Å²) >= 11 is 0. The molecule has 3 fully saturated rings. The van der Waals surface area contributed by atoms with Gasteiger partial charge in [0, 0.05) is 50.9 Å². The Balaban J connectivity index is 1.30. The van der Waals surface area contributed by atoms with Crippen LogP contribution in [0.25, 0.3) is 11.1 Å². The molecule has 1 spiro atoms. The van der Waals surface area contributed by atoms with Gasteiger partial charge in [0.1, 0.15) is 11.6 Å². The molecule has 0 radical (unpaired) electrons. The van der Waals surface area contributed by atoms with Gasteiger partial charge in [-0.1, -0.05) is 6.07 Å². The van der Waals surface area contributed by atoms with Gasteiger partial charge in [0.15, 0.2) is 11.6 Å². The molecule has 0 amide bonds. The first-order valence-corrected chi connectivity index (χ1v) is 10.7. The van der Waals surface area contributed by atoms with Crippen molar-refractivity contribution in [3.8, 4) is 16.9 Å². The average molecular weight is 415 g/mol. The van der Waals surface area contributed by atoms with Gasteiger partial charge in [-0.3, -0.25) is 4.90 Å². The highest BCUT2D eigenvalue weighted by atomic mass is 19.1. The number of rotatable bonds is 3. The molecular formula is C23H28F2N4O. The fourth-order valence-corrected chi connectivity index (χ4v) is 5.75. The highest BCUT2D eigenvalue weighted by Crippen LogP contribution is 2.46. The third-order valence-corrected chi connectivity index (χ3v) is 7.11. The van der Waals surface area contributed by atoms with E-state index >= 15 is 0 Å². The summed E-state index contributed by atoms with van der Waals surface area (Å²) in [5, 5.41) is 9.76. The molecule has 5 rings (SSSR count). The smallest absolute Gasteiger partial charge is 0.164 e. The van der Waals surface area contributed by atoms with Crippen LogP contribution in [0.1, 0.15) is 19.3 Å². The number of hydrogen-bond donors (Lipinski definition) is 1. The Morgan fingerprint density at radius 1 is 1.10 bits per heavy atom. The highest BCUT2D eigenvalue weighted by Gasteiger charge is 2.48. The van der Waals surface area contributed by atoms with Crippen LogP contribution in [0.4, 0.5) is 14.6 Å². The minimum atomic E-state index is -0.690. The quantitative estimate of drug-likeness (QED) is 0.835. The first-order valence-electron chi connectivity index (χ1n) is 10.7. The van der Waals surface area contributed by atoms with E-state index in [-0.39, 0.29) is 0 Å². The van der Waals surface area contributed by atoms with Crippen molar-refractivity contribution >= 4 is 5.82 Å². The molecule has 2 saturated heterocycles. The number of nitrogens with zero attached hydrogens (tertiary/aromatic N) is 4. The maximum atomic E-state index is 14.0. The van der Waals surface area contributed by atoms with Crippen LogP contribution in [0.3, 0.4) is 0 Å². The lowest BCUT2D eigenvalue weighted by molar-refractivity contribution is 0.0204. The summed E-state index contributed by atoms with van der Waals surface area (Å²) in [4.78, 5) is 11.6. The van der Waals surface area contributed by atoms with Crippen molar-refractivity contribution in [2.75, 3.05) is 51.2 Å². The Labute approximate surface area is 175 Å². The van der Waals surface area contributed by atoms with Crippen molar-refractivity contribution in [3.05, 3.63) is 42.1 Å². The second kappa shape index (κ2) is 7.46. The lowest BCUT2D eigenvalue weighted by Crippen LogP contribution is -2.54. The number of likely N-dealkylation sites (tertiary alicyclic amines) is 1. The van der Waals surface area contributed by atoms with Crippen molar-refractivity contribution in [1.29, 1.82) is 0 Å². The van der Waals surface area contributed by atoms with E-state index in [9.17, 15) is 13.9 Å². The number of aromatic nitrogens is 1. The lowest BCUT2D eigenvalue weighted by Gasteiger charge is -2.47. The monoisotopic (exact) mass is 414 g/mol. The third-order valence-electron chi connectivity index (χ3n) is 7.11. The summed E-state index contributed by atoms with van der Waals surface area (Å²) in [5.74, 6) is -0.891. The molecule has 1 N–H and O–H groups in total. The van der Waals surface area contributed by atoms with E-state index in [1.807, 2.05) is 0 Å². The van der Waals surface area contributed by atoms with Crippen LogP contribution >= 0.6 is 0 Å². The first kappa shape index (κ1) is 19.7. The van der Waals surface area contributed by atoms with Crippen LogP contribution in [-0.4, -0.2) is 72.2 Å². The van der Waals surface area contributed by atoms with Crippen LogP contribution in [0.15, 0.2) is 30.5 Å². The molecule has 0 bridgehead atoms. The summed E-state index contributed by atoms with van der Waals surface area (Å²) in [6.07, 6.45) is 5.14. The molecule has 160 valence electrons. The fraction of sp³-hybridized carbons (Fsp3) is 0.522. The minimum Gasteiger partial charge on any atom is -0.505 e. The number of phenols is 1. The Hall–Kier alpha value is -2.25. The van der Waals surface area contributed by atoms with Gasteiger partial charge in [0.05, 0.1) is 6.20 Å². The molecule has 1 aromatic carbocycles. The number of pyridine rings is 1. The fourth-order valence-electron chi connectivity index (χ4n) is 5.75. The zero-order valence-corrected chi connectivity index (χ0v) is 17.3. The molecule has 2 aliphatic heterocycles. The van der Waals surface area contributed by atoms with E-state index in [1.54, 1.807) is 6.07 Å². The summed E-state index contributed by atoms with van der Waals surface area (Å²) < 4.78 is 27.4. The second-order valence-corrected chi connectivity index (χ2v) is 9.28. The predicted octanol–water partition coefficient (Wildman–Crippen LogP) is 3.34. The van der Waals surface area contributed by atoms with Crippen molar-refractivity contribution in [2.24, 2.45) is 5.41 Å². The van der Waals surface area contributed by atoms with Crippen molar-refractivity contribution < 1.29 is 13.9 Å². The van der Waals surface area contributed by atoms with E-state index in [1.165, 1.54) is 56.7 Å². The minimum absolute atomic E-state index is 0.440. The maximum absolute atomic E-state index is 14.0. The van der Waals surface area contributed by atoms with Gasteiger partial charge in [-0.25, -0.2) is 13.8 Å². The first-order chi connectivity index (χ1) is 14.4. The highest BCUT2D eigenvalue weighted by molar-refractivity contribution is 5.76. The van der Waals surface area contributed by atoms with Crippen molar-refractivity contribution in [2.45, 2.75) is 25.3 Å². The molecule has 1 unspecified atom stereocenters. The van der Waals surface area contributed by atoms with Crippen LogP contribution < -0.4 is 4.90 Å². The van der Waals surface area contributed by atoms with Gasteiger partial charge < -0.3 is 14.9 Å². The SMILES string of the molecule is CN1CC2(CCC(N3CCN(c4ncc(F)cc4-c4ccc(F)c(O)c4)CC3)C2)C1. The van der Waals surface area contributed by atoms with E-state index in [4.69, 9.17) is 0 Å². The standard InChI is InChI=1S/C23H28F2N4O/c1-27-14-23(15-27)5-4-18(12-23)28-6-8-29(9-7-28)22-19(11-17(24)13-26-22)16-2-3-20(25)21(30)10-16/h2-3,10-11,13,18,30H,4-9,12,14-15H2,1H3. The number of anilines is 1. The Kier molecular flexibility index (Phi) is 4.90. The van der Waals surface area contributed by atoms with E-state index in [0.717, 1.165) is 26.2 Å². The Morgan fingerprint density at radius 2 is 1.87 bits per heavy atom. The van der Waals surface area contributed by atoms with Gasteiger partial charge in [0.25, 0.3) is 0 Å². The van der Waals surface area contributed by atoms with Crippen LogP contribution in [-0.2, 0) is 0 Å². The zero-order valence-electron chi connectivity index (χ0n) is 17.3. The summed E-state index contributed by atoms with van der Waals surface area (Å²) in [6, 6.07) is 6.16. The summed E-state index contributed by atoms with van der Waals surface area (Å²) in [6.45, 7) is 6.03. The molecule has 3 heterocycles. The number of benzene rings is 1. The topological polar surface area (TPSA) is 42.8 Å². The van der Waals surface area contributed by atoms with Gasteiger partial charge in [-0.05, 0) is 55.5 Å². The normalized spacial score (nSPS) is 24.4. The molecule has 1 aromatic heterocycles. The number of halogens is 2. The van der Waals surface area contributed by atoms with E-state index < -0.39 is 17.4 Å². The van der Waals surface area contributed by atoms with Crippen LogP contribution in [0.2, 0.25) is 0 Å². The van der Waals surface area contributed by atoms with E-state index in [0.29, 0.717) is 28.4 Å². The number of phenolic OH excluding ortho intramolecular Hbond substituents is 1. The van der Waals surface area contributed by atoms with Gasteiger partial charge in [-0.15, -0.1) is 0 Å². The molecule has 30 heavy (non-hydrogen) atoms. The molecular weight excluding hydrogens is 386 g/mol. The summed E-state index contributed by atoms with van der Waals surface area (Å²) in [7, 11) is 2.20. The van der Waals surface area contributed by atoms with Gasteiger partial charge in [0.2, 0.25) is 0 Å². The molecule has 1 saturated carbocycles. The van der Waals surface area contributed by atoms with Gasteiger partial charge in [-0.2, -0.15) is 0 Å². The number of aromatic hydroxyl groups is 1. The molecule has 2 aromatic rings. The van der Waals surface area contributed by atoms with E-state index in [2.05, 4.69) is 26.7 Å². The lowest BCUT2D eigenvalue weighted by atomic mass is 9.78. The third kappa shape index (κ3) is 3.54. The molecule has 1 aliphatic carbocycles. The molecule has 5 nitrogen and oxygen atoms in total. The van der Waals surface area contributed by atoms with Crippen molar-refractivity contribution in [1.82, 2.24) is 14.8 Å². The molecule has 3 aliphatic rings. The maximum Gasteiger partial charge on any atom is 0.164 e. The largest absolute Gasteiger partial charge is 0.505 e. The Bertz CT molecular complexity index is 939. The molecule has 1 atom stereocenters. The number of hydrogen-bond acceptors (Lipinski definition) is 5. The van der Waals surface area contributed by atoms with Crippen LogP contribution in [0, 0.1) is 17.0 Å². The van der Waals surface area contributed by atoms with Crippen molar-refractivity contribution in [3.63, 3.8) is 0 Å². The predicted molar refractivity (Wildman–Crippen MR) is 113 cm³/mol. The van der Waals surface area contributed by atoms with Gasteiger partial charge >= 0.3 is 0 Å². The average Bonchev–Trinajstić information content (AvgIpc) is 3.15. The summed E-state index contributed by atoms with van der Waals surface area (Å²) in [5.41, 5.74) is 1.69. The number of piperazine rings is 1. The van der Waals surface area contributed by atoms with Crippen LogP contribution in [0.5, 0.6) is 5.75 Å². The second-order valence-electron chi connectivity index (χ2n) is 9.28. The molecule has 7 heteroatoms. The Morgan fingerprint density at radius 3 is 2.57 bits per heavy atom.